The summed E-state index contributed by atoms with van der Waals surface area (Å²) in [4.78, 5) is 12.0. The van der Waals surface area contributed by atoms with E-state index in [9.17, 15) is 4.79 Å². The lowest BCUT2D eigenvalue weighted by Gasteiger charge is -2.43. The summed E-state index contributed by atoms with van der Waals surface area (Å²) in [5.74, 6) is 0.739. The third kappa shape index (κ3) is 5.15. The molecule has 0 radical (unpaired) electrons. The molecule has 2 saturated carbocycles. The van der Waals surface area contributed by atoms with Gasteiger partial charge >= 0.3 is 6.09 Å². The van der Waals surface area contributed by atoms with Crippen LogP contribution in [0.4, 0.5) is 4.79 Å². The summed E-state index contributed by atoms with van der Waals surface area (Å²) < 4.78 is 10.7. The highest BCUT2D eigenvalue weighted by Gasteiger charge is 2.41. The molecule has 2 aliphatic rings. The number of alkyl carbamates (subject to hydrolysis) is 1. The first kappa shape index (κ1) is 16.6. The molecule has 5 heteroatoms. The van der Waals surface area contributed by atoms with Gasteiger partial charge in [-0.2, -0.15) is 0 Å². The van der Waals surface area contributed by atoms with Crippen LogP contribution in [0.1, 0.15) is 52.9 Å². The minimum absolute atomic E-state index is 0.136. The van der Waals surface area contributed by atoms with E-state index in [0.29, 0.717) is 6.04 Å². The molecular formula is C16H30N2O3. The van der Waals surface area contributed by atoms with Crippen molar-refractivity contribution in [2.75, 3.05) is 20.3 Å². The standard InChI is InChI=1S/C16H30N2O3/c1-15(2,3)21-14(19)18-16(8-5-9-16)11-17-13(10-20-4)12-6-7-12/h12-13,17H,5-11H2,1-4H3,(H,18,19). The SMILES string of the molecule is COCC(NCC1(NC(=O)OC(C)(C)C)CCC1)C1CC1. The molecule has 0 spiro atoms. The molecule has 0 aliphatic heterocycles. The molecule has 0 heterocycles. The summed E-state index contributed by atoms with van der Waals surface area (Å²) >= 11 is 0. The van der Waals surface area contributed by atoms with E-state index < -0.39 is 5.60 Å². The van der Waals surface area contributed by atoms with E-state index in [1.165, 1.54) is 12.8 Å². The first-order valence-corrected chi connectivity index (χ1v) is 8.07. The van der Waals surface area contributed by atoms with Crippen LogP contribution in [0.15, 0.2) is 0 Å². The van der Waals surface area contributed by atoms with Crippen LogP contribution in [0.5, 0.6) is 0 Å². The summed E-state index contributed by atoms with van der Waals surface area (Å²) in [5.41, 5.74) is -0.585. The number of carbonyl (C=O) groups excluding carboxylic acids is 1. The van der Waals surface area contributed by atoms with E-state index in [4.69, 9.17) is 9.47 Å². The summed E-state index contributed by atoms with van der Waals surface area (Å²) in [7, 11) is 1.75. The van der Waals surface area contributed by atoms with Crippen molar-refractivity contribution in [2.45, 2.75) is 70.1 Å². The van der Waals surface area contributed by atoms with Crippen LogP contribution in [0.2, 0.25) is 0 Å². The monoisotopic (exact) mass is 298 g/mol. The maximum absolute atomic E-state index is 12.0. The average Bonchev–Trinajstić information content (AvgIpc) is 3.12. The van der Waals surface area contributed by atoms with Crippen LogP contribution in [0, 0.1) is 5.92 Å². The molecule has 1 amide bonds. The second kappa shape index (κ2) is 6.53. The molecule has 2 N–H and O–H groups in total. The fourth-order valence-corrected chi connectivity index (χ4v) is 2.84. The van der Waals surface area contributed by atoms with Gasteiger partial charge in [0.1, 0.15) is 5.60 Å². The van der Waals surface area contributed by atoms with Gasteiger partial charge in [0.2, 0.25) is 0 Å². The number of hydrogen-bond donors (Lipinski definition) is 2. The smallest absolute Gasteiger partial charge is 0.408 e. The number of rotatable bonds is 7. The second-order valence-corrected chi connectivity index (χ2v) is 7.54. The summed E-state index contributed by atoms with van der Waals surface area (Å²) in [6.07, 6.45) is 5.46. The number of hydrogen-bond acceptors (Lipinski definition) is 4. The fraction of sp³-hybridized carbons (Fsp3) is 0.938. The normalized spacial score (nSPS) is 22.3. The Morgan fingerprint density at radius 1 is 1.33 bits per heavy atom. The van der Waals surface area contributed by atoms with Gasteiger partial charge in [0, 0.05) is 19.7 Å². The van der Waals surface area contributed by atoms with Crippen molar-refractivity contribution < 1.29 is 14.3 Å². The third-order valence-electron chi connectivity index (χ3n) is 4.32. The summed E-state index contributed by atoms with van der Waals surface area (Å²) in [6, 6.07) is 0.410. The molecule has 0 bridgehead atoms. The van der Waals surface area contributed by atoms with Crippen molar-refractivity contribution in [3.05, 3.63) is 0 Å². The molecule has 122 valence electrons. The molecule has 2 aliphatic carbocycles. The number of nitrogens with one attached hydrogen (secondary N) is 2. The fourth-order valence-electron chi connectivity index (χ4n) is 2.84. The Morgan fingerprint density at radius 2 is 2.00 bits per heavy atom. The molecule has 2 fully saturated rings. The number of methoxy groups -OCH3 is 1. The minimum Gasteiger partial charge on any atom is -0.444 e. The van der Waals surface area contributed by atoms with Crippen molar-refractivity contribution in [3.63, 3.8) is 0 Å². The lowest BCUT2D eigenvalue weighted by molar-refractivity contribution is 0.0371. The molecule has 0 aromatic heterocycles. The maximum Gasteiger partial charge on any atom is 0.408 e. The van der Waals surface area contributed by atoms with Gasteiger partial charge in [0.25, 0.3) is 0 Å². The molecule has 0 saturated heterocycles. The number of amides is 1. The second-order valence-electron chi connectivity index (χ2n) is 7.54. The third-order valence-corrected chi connectivity index (χ3v) is 4.32. The number of ether oxygens (including phenoxy) is 2. The van der Waals surface area contributed by atoms with Crippen LogP contribution in [-0.2, 0) is 9.47 Å². The molecular weight excluding hydrogens is 268 g/mol. The van der Waals surface area contributed by atoms with E-state index in [2.05, 4.69) is 10.6 Å². The molecule has 2 rings (SSSR count). The first-order valence-electron chi connectivity index (χ1n) is 8.07. The van der Waals surface area contributed by atoms with Gasteiger partial charge in [-0.15, -0.1) is 0 Å². The van der Waals surface area contributed by atoms with E-state index in [1.807, 2.05) is 20.8 Å². The molecule has 0 aromatic carbocycles. The zero-order valence-electron chi connectivity index (χ0n) is 13.8. The molecule has 5 nitrogen and oxygen atoms in total. The Morgan fingerprint density at radius 3 is 2.43 bits per heavy atom. The highest BCUT2D eigenvalue weighted by Crippen LogP contribution is 2.35. The van der Waals surface area contributed by atoms with Crippen molar-refractivity contribution in [1.82, 2.24) is 10.6 Å². The Bertz CT molecular complexity index is 357. The lowest BCUT2D eigenvalue weighted by atomic mass is 9.76. The van der Waals surface area contributed by atoms with Crippen molar-refractivity contribution in [3.8, 4) is 0 Å². The first-order chi connectivity index (χ1) is 9.84. The quantitative estimate of drug-likeness (QED) is 0.758. The Labute approximate surface area is 128 Å². The summed E-state index contributed by atoms with van der Waals surface area (Å²) in [6.45, 7) is 7.21. The van der Waals surface area contributed by atoms with Gasteiger partial charge in [-0.25, -0.2) is 4.79 Å². The highest BCUT2D eigenvalue weighted by molar-refractivity contribution is 5.69. The minimum atomic E-state index is -0.449. The Hall–Kier alpha value is -0.810. The van der Waals surface area contributed by atoms with Gasteiger partial charge in [0.15, 0.2) is 0 Å². The van der Waals surface area contributed by atoms with E-state index in [0.717, 1.165) is 38.3 Å². The topological polar surface area (TPSA) is 59.6 Å². The largest absolute Gasteiger partial charge is 0.444 e. The average molecular weight is 298 g/mol. The van der Waals surface area contributed by atoms with Gasteiger partial charge in [-0.05, 0) is 58.8 Å². The Balaban J connectivity index is 1.81. The zero-order valence-corrected chi connectivity index (χ0v) is 13.8. The van der Waals surface area contributed by atoms with Crippen molar-refractivity contribution >= 4 is 6.09 Å². The van der Waals surface area contributed by atoms with E-state index in [1.54, 1.807) is 7.11 Å². The van der Waals surface area contributed by atoms with Gasteiger partial charge in [-0.3, -0.25) is 0 Å². The molecule has 1 atom stereocenters. The lowest BCUT2D eigenvalue weighted by Crippen LogP contribution is -2.61. The van der Waals surface area contributed by atoms with Crippen molar-refractivity contribution in [1.29, 1.82) is 0 Å². The van der Waals surface area contributed by atoms with Crippen LogP contribution in [-0.4, -0.2) is 43.5 Å². The molecule has 0 aromatic rings. The summed E-state index contributed by atoms with van der Waals surface area (Å²) in [5, 5.41) is 6.68. The van der Waals surface area contributed by atoms with Crippen LogP contribution in [0.25, 0.3) is 0 Å². The predicted molar refractivity (Wildman–Crippen MR) is 82.3 cm³/mol. The highest BCUT2D eigenvalue weighted by atomic mass is 16.6. The van der Waals surface area contributed by atoms with Gasteiger partial charge < -0.3 is 20.1 Å². The Kier molecular flexibility index (Phi) is 5.15. The maximum atomic E-state index is 12.0. The van der Waals surface area contributed by atoms with Crippen molar-refractivity contribution in [2.24, 2.45) is 5.92 Å². The number of carbonyl (C=O) groups is 1. The molecule has 21 heavy (non-hydrogen) atoms. The zero-order chi connectivity index (χ0) is 15.5. The molecule has 1 unspecified atom stereocenters. The van der Waals surface area contributed by atoms with E-state index >= 15 is 0 Å². The van der Waals surface area contributed by atoms with Crippen LogP contribution < -0.4 is 10.6 Å². The predicted octanol–water partition coefficient (Wildman–Crippen LogP) is 2.45. The van der Waals surface area contributed by atoms with E-state index in [-0.39, 0.29) is 11.6 Å². The van der Waals surface area contributed by atoms with Crippen LogP contribution >= 0.6 is 0 Å². The van der Waals surface area contributed by atoms with Gasteiger partial charge in [-0.1, -0.05) is 0 Å². The van der Waals surface area contributed by atoms with Crippen LogP contribution in [0.3, 0.4) is 0 Å². The van der Waals surface area contributed by atoms with Gasteiger partial charge in [0.05, 0.1) is 12.1 Å².